The molecule has 1 aromatic heterocycles. The minimum atomic E-state index is -0.634. The number of nitrogens with zero attached hydrogens (tertiary/aromatic N) is 2. The van der Waals surface area contributed by atoms with Crippen LogP contribution in [0.15, 0.2) is 16.9 Å². The van der Waals surface area contributed by atoms with Crippen molar-refractivity contribution in [3.8, 4) is 0 Å². The monoisotopic (exact) mass is 315 g/mol. The zero-order valence-corrected chi connectivity index (χ0v) is 13.8. The molecule has 6 heteroatoms. The van der Waals surface area contributed by atoms with Crippen LogP contribution in [0.5, 0.6) is 0 Å². The highest BCUT2D eigenvalue weighted by Gasteiger charge is 2.31. The van der Waals surface area contributed by atoms with Gasteiger partial charge in [-0.3, -0.25) is 24.0 Å². The second-order valence-electron chi connectivity index (χ2n) is 6.56. The molecule has 6 nitrogen and oxygen atoms in total. The SMILES string of the molecule is Cc1cc(C(C)C)c2c(c1)n(C1CCC(=O)NC1=O)c(=O)n2C. The van der Waals surface area contributed by atoms with Gasteiger partial charge in [0, 0.05) is 13.5 Å². The van der Waals surface area contributed by atoms with E-state index in [2.05, 4.69) is 25.2 Å². The Bertz CT molecular complexity index is 873. The summed E-state index contributed by atoms with van der Waals surface area (Å²) in [5.41, 5.74) is 3.54. The fraction of sp³-hybridized carbons (Fsp3) is 0.471. The van der Waals surface area contributed by atoms with E-state index in [9.17, 15) is 14.4 Å². The Labute approximate surface area is 134 Å². The van der Waals surface area contributed by atoms with Gasteiger partial charge in [0.25, 0.3) is 0 Å². The summed E-state index contributed by atoms with van der Waals surface area (Å²) in [5.74, 6) is -0.414. The van der Waals surface area contributed by atoms with E-state index in [-0.39, 0.29) is 23.9 Å². The number of carbonyl (C=O) groups is 2. The van der Waals surface area contributed by atoms with Gasteiger partial charge < -0.3 is 0 Å². The zero-order chi connectivity index (χ0) is 16.9. The number of nitrogens with one attached hydrogen (secondary N) is 1. The van der Waals surface area contributed by atoms with E-state index < -0.39 is 11.9 Å². The maximum absolute atomic E-state index is 12.8. The fourth-order valence-corrected chi connectivity index (χ4v) is 3.37. The quantitative estimate of drug-likeness (QED) is 0.858. The molecule has 122 valence electrons. The number of amides is 2. The Kier molecular flexibility index (Phi) is 3.62. The highest BCUT2D eigenvalue weighted by atomic mass is 16.2. The van der Waals surface area contributed by atoms with Crippen LogP contribution in [-0.2, 0) is 16.6 Å². The smallest absolute Gasteiger partial charge is 0.295 e. The van der Waals surface area contributed by atoms with Crippen molar-refractivity contribution < 1.29 is 9.59 Å². The number of rotatable bonds is 2. The van der Waals surface area contributed by atoms with E-state index in [4.69, 9.17) is 0 Å². The van der Waals surface area contributed by atoms with Crippen LogP contribution in [0.1, 0.15) is 49.8 Å². The van der Waals surface area contributed by atoms with Crippen molar-refractivity contribution in [2.45, 2.75) is 45.6 Å². The van der Waals surface area contributed by atoms with Crippen LogP contribution in [0.3, 0.4) is 0 Å². The first kappa shape index (κ1) is 15.5. The summed E-state index contributed by atoms with van der Waals surface area (Å²) >= 11 is 0. The average molecular weight is 315 g/mol. The van der Waals surface area contributed by atoms with Crippen LogP contribution in [-0.4, -0.2) is 20.9 Å². The number of aromatic nitrogens is 2. The lowest BCUT2D eigenvalue weighted by Gasteiger charge is -2.22. The highest BCUT2D eigenvalue weighted by molar-refractivity contribution is 6.00. The second-order valence-corrected chi connectivity index (χ2v) is 6.56. The summed E-state index contributed by atoms with van der Waals surface area (Å²) < 4.78 is 3.14. The van der Waals surface area contributed by atoms with E-state index in [1.807, 2.05) is 13.0 Å². The summed E-state index contributed by atoms with van der Waals surface area (Å²) in [6.45, 7) is 6.15. The third-order valence-electron chi connectivity index (χ3n) is 4.50. The minimum absolute atomic E-state index is 0.220. The summed E-state index contributed by atoms with van der Waals surface area (Å²) in [6, 6.07) is 3.39. The Morgan fingerprint density at radius 2 is 1.91 bits per heavy atom. The van der Waals surface area contributed by atoms with Crippen molar-refractivity contribution in [3.63, 3.8) is 0 Å². The predicted molar refractivity (Wildman–Crippen MR) is 87.4 cm³/mol. The summed E-state index contributed by atoms with van der Waals surface area (Å²) in [7, 11) is 1.73. The fourth-order valence-electron chi connectivity index (χ4n) is 3.37. The number of fused-ring (bicyclic) bond motifs is 1. The topological polar surface area (TPSA) is 73.1 Å². The van der Waals surface area contributed by atoms with Crippen LogP contribution in [0.4, 0.5) is 0 Å². The van der Waals surface area contributed by atoms with Crippen molar-refractivity contribution in [1.29, 1.82) is 0 Å². The number of hydrogen-bond acceptors (Lipinski definition) is 3. The lowest BCUT2D eigenvalue weighted by molar-refractivity contribution is -0.135. The first-order valence-electron chi connectivity index (χ1n) is 7.86. The van der Waals surface area contributed by atoms with E-state index in [0.29, 0.717) is 6.42 Å². The molecule has 0 spiro atoms. The molecule has 1 N–H and O–H groups in total. The number of imidazole rings is 1. The van der Waals surface area contributed by atoms with Gasteiger partial charge in [-0.25, -0.2) is 4.79 Å². The number of benzene rings is 1. The summed E-state index contributed by atoms with van der Waals surface area (Å²) in [6.07, 6.45) is 0.608. The van der Waals surface area contributed by atoms with Crippen LogP contribution in [0.2, 0.25) is 0 Å². The molecular weight excluding hydrogens is 294 g/mol. The van der Waals surface area contributed by atoms with Crippen molar-refractivity contribution in [2.75, 3.05) is 0 Å². The first-order valence-corrected chi connectivity index (χ1v) is 7.86. The van der Waals surface area contributed by atoms with Crippen LogP contribution in [0.25, 0.3) is 11.0 Å². The number of aryl methyl sites for hydroxylation is 2. The number of carbonyl (C=O) groups excluding carboxylic acids is 2. The average Bonchev–Trinajstić information content (AvgIpc) is 2.71. The summed E-state index contributed by atoms with van der Waals surface area (Å²) in [4.78, 5) is 36.4. The van der Waals surface area contributed by atoms with Gasteiger partial charge in [-0.15, -0.1) is 0 Å². The second kappa shape index (κ2) is 5.37. The van der Waals surface area contributed by atoms with E-state index in [0.717, 1.165) is 22.2 Å². The molecule has 2 amide bonds. The van der Waals surface area contributed by atoms with Crippen molar-refractivity contribution in [2.24, 2.45) is 7.05 Å². The van der Waals surface area contributed by atoms with Crippen molar-refractivity contribution in [1.82, 2.24) is 14.5 Å². The van der Waals surface area contributed by atoms with E-state index >= 15 is 0 Å². The largest absolute Gasteiger partial charge is 0.329 e. The van der Waals surface area contributed by atoms with Gasteiger partial charge in [-0.1, -0.05) is 19.9 Å². The van der Waals surface area contributed by atoms with Crippen molar-refractivity contribution in [3.05, 3.63) is 33.7 Å². The number of hydrogen-bond donors (Lipinski definition) is 1. The first-order chi connectivity index (χ1) is 10.8. The standard InChI is InChI=1S/C17H21N3O3/c1-9(2)11-7-10(3)8-13-15(11)19(4)17(23)20(13)12-5-6-14(21)18-16(12)22/h7-9,12H,5-6H2,1-4H3,(H,18,21,22). The normalized spacial score (nSPS) is 18.7. The molecule has 1 atom stereocenters. The van der Waals surface area contributed by atoms with Gasteiger partial charge in [0.15, 0.2) is 0 Å². The van der Waals surface area contributed by atoms with Gasteiger partial charge in [0.2, 0.25) is 11.8 Å². The molecule has 0 bridgehead atoms. The molecule has 1 aliphatic heterocycles. The highest BCUT2D eigenvalue weighted by Crippen LogP contribution is 2.29. The molecule has 1 aliphatic rings. The molecule has 23 heavy (non-hydrogen) atoms. The minimum Gasteiger partial charge on any atom is -0.295 e. The Morgan fingerprint density at radius 3 is 2.52 bits per heavy atom. The third kappa shape index (κ3) is 2.38. The van der Waals surface area contributed by atoms with Gasteiger partial charge in [0.1, 0.15) is 6.04 Å². The van der Waals surface area contributed by atoms with Gasteiger partial charge in [-0.2, -0.15) is 0 Å². The van der Waals surface area contributed by atoms with Gasteiger partial charge >= 0.3 is 5.69 Å². The molecule has 1 unspecified atom stereocenters. The number of imide groups is 1. The van der Waals surface area contributed by atoms with Crippen LogP contribution >= 0.6 is 0 Å². The molecule has 1 fully saturated rings. The molecular formula is C17H21N3O3. The molecule has 0 radical (unpaired) electrons. The maximum atomic E-state index is 12.8. The lowest BCUT2D eigenvalue weighted by atomic mass is 9.98. The lowest BCUT2D eigenvalue weighted by Crippen LogP contribution is -2.44. The Hall–Kier alpha value is -2.37. The Morgan fingerprint density at radius 1 is 1.22 bits per heavy atom. The molecule has 1 aromatic carbocycles. The number of piperidine rings is 1. The molecule has 0 aliphatic carbocycles. The third-order valence-corrected chi connectivity index (χ3v) is 4.50. The Balaban J connectivity index is 2.30. The van der Waals surface area contributed by atoms with Crippen LogP contribution in [0, 0.1) is 6.92 Å². The van der Waals surface area contributed by atoms with Gasteiger partial charge in [-0.05, 0) is 36.5 Å². The molecule has 3 rings (SSSR count). The maximum Gasteiger partial charge on any atom is 0.329 e. The van der Waals surface area contributed by atoms with E-state index in [1.165, 1.54) is 4.57 Å². The molecule has 2 aromatic rings. The predicted octanol–water partition coefficient (Wildman–Crippen LogP) is 1.75. The molecule has 2 heterocycles. The van der Waals surface area contributed by atoms with Gasteiger partial charge in [0.05, 0.1) is 11.0 Å². The van der Waals surface area contributed by atoms with Crippen molar-refractivity contribution >= 4 is 22.8 Å². The molecule has 1 saturated heterocycles. The van der Waals surface area contributed by atoms with Crippen LogP contribution < -0.4 is 11.0 Å². The summed E-state index contributed by atoms with van der Waals surface area (Å²) in [5, 5.41) is 2.33. The zero-order valence-electron chi connectivity index (χ0n) is 13.8. The van der Waals surface area contributed by atoms with E-state index in [1.54, 1.807) is 11.6 Å². The molecule has 0 saturated carbocycles.